The zero-order valence-corrected chi connectivity index (χ0v) is 9.45. The Labute approximate surface area is 99.3 Å². The molecule has 0 atom stereocenters. The number of nitrogens with one attached hydrogen (secondary N) is 2. The summed E-state index contributed by atoms with van der Waals surface area (Å²) in [4.78, 5) is 11.2. The van der Waals surface area contributed by atoms with Crippen molar-refractivity contribution in [2.45, 2.75) is 25.3 Å². The number of nitrogens with two attached hydrogens (primary N) is 1. The van der Waals surface area contributed by atoms with Gasteiger partial charge in [0.2, 0.25) is 0 Å². The topological polar surface area (TPSA) is 76.4 Å². The molecule has 1 aromatic carbocycles. The lowest BCUT2D eigenvalue weighted by Gasteiger charge is -2.29. The molecule has 1 aromatic rings. The Morgan fingerprint density at radius 3 is 2.94 bits per heavy atom. The van der Waals surface area contributed by atoms with Crippen LogP contribution in [0.25, 0.3) is 0 Å². The standard InChI is InChI=1S/C12H15N3O2/c13-8-4-11-10(15-12(16)6-17-11)5-9(8)14-7-2-1-3-7/h4-5,7,14H,1-3,6,13H2,(H,15,16). The number of ether oxygens (including phenoxy) is 1. The van der Waals surface area contributed by atoms with Crippen molar-refractivity contribution in [1.82, 2.24) is 0 Å². The lowest BCUT2D eigenvalue weighted by Crippen LogP contribution is -2.28. The molecule has 1 fully saturated rings. The van der Waals surface area contributed by atoms with Crippen molar-refractivity contribution < 1.29 is 9.53 Å². The molecule has 2 aliphatic rings. The van der Waals surface area contributed by atoms with Gasteiger partial charge in [-0.15, -0.1) is 0 Å². The number of carbonyl (C=O) groups is 1. The number of anilines is 3. The fourth-order valence-electron chi connectivity index (χ4n) is 2.04. The molecule has 0 unspecified atom stereocenters. The molecule has 1 saturated carbocycles. The van der Waals surface area contributed by atoms with E-state index in [0.717, 1.165) is 5.69 Å². The summed E-state index contributed by atoms with van der Waals surface area (Å²) in [5.41, 5.74) is 8.18. The fourth-order valence-corrected chi connectivity index (χ4v) is 2.04. The first-order valence-electron chi connectivity index (χ1n) is 5.85. The molecule has 0 bridgehead atoms. The molecule has 4 N–H and O–H groups in total. The highest BCUT2D eigenvalue weighted by Gasteiger charge is 2.21. The van der Waals surface area contributed by atoms with Crippen LogP contribution in [0.4, 0.5) is 17.1 Å². The summed E-state index contributed by atoms with van der Waals surface area (Å²) in [6, 6.07) is 4.12. The van der Waals surface area contributed by atoms with Crippen molar-refractivity contribution >= 4 is 23.0 Å². The summed E-state index contributed by atoms with van der Waals surface area (Å²) in [5.74, 6) is 0.512. The second-order valence-corrected chi connectivity index (χ2v) is 4.54. The van der Waals surface area contributed by atoms with E-state index in [2.05, 4.69) is 10.6 Å². The van der Waals surface area contributed by atoms with Crippen molar-refractivity contribution in [2.75, 3.05) is 23.0 Å². The Balaban J connectivity index is 1.88. The Kier molecular flexibility index (Phi) is 2.31. The molecule has 1 aliphatic carbocycles. The van der Waals surface area contributed by atoms with E-state index in [9.17, 15) is 4.79 Å². The fraction of sp³-hybridized carbons (Fsp3) is 0.417. The molecular weight excluding hydrogens is 218 g/mol. The number of nitrogen functional groups attached to an aromatic ring is 1. The van der Waals surface area contributed by atoms with Crippen molar-refractivity contribution in [3.05, 3.63) is 12.1 Å². The maximum atomic E-state index is 11.2. The molecule has 5 nitrogen and oxygen atoms in total. The molecule has 0 spiro atoms. The average Bonchev–Trinajstić information content (AvgIpc) is 2.24. The molecule has 0 aromatic heterocycles. The first kappa shape index (κ1) is 10.3. The molecule has 0 radical (unpaired) electrons. The number of hydrogen-bond donors (Lipinski definition) is 3. The van der Waals surface area contributed by atoms with Gasteiger partial charge in [0.25, 0.3) is 5.91 Å². The number of fused-ring (bicyclic) bond motifs is 1. The minimum absolute atomic E-state index is 0.0574. The molecule has 3 rings (SSSR count). The van der Waals surface area contributed by atoms with E-state index in [1.54, 1.807) is 6.07 Å². The maximum absolute atomic E-state index is 11.2. The van der Waals surface area contributed by atoms with E-state index >= 15 is 0 Å². The zero-order chi connectivity index (χ0) is 11.8. The minimum atomic E-state index is -0.128. The monoisotopic (exact) mass is 233 g/mol. The number of hydrogen-bond acceptors (Lipinski definition) is 4. The molecule has 1 amide bonds. The molecule has 17 heavy (non-hydrogen) atoms. The third-order valence-electron chi connectivity index (χ3n) is 3.25. The SMILES string of the molecule is Nc1cc2c(cc1NC1CCC1)NC(=O)CO2. The molecule has 0 saturated heterocycles. The van der Waals surface area contributed by atoms with Crippen molar-refractivity contribution in [1.29, 1.82) is 0 Å². The zero-order valence-electron chi connectivity index (χ0n) is 9.45. The lowest BCUT2D eigenvalue weighted by atomic mass is 9.93. The highest BCUT2D eigenvalue weighted by Crippen LogP contribution is 2.36. The second-order valence-electron chi connectivity index (χ2n) is 4.54. The Morgan fingerprint density at radius 1 is 1.41 bits per heavy atom. The largest absolute Gasteiger partial charge is 0.482 e. The van der Waals surface area contributed by atoms with Crippen LogP contribution in [0.1, 0.15) is 19.3 Å². The first-order chi connectivity index (χ1) is 8.22. The summed E-state index contributed by atoms with van der Waals surface area (Å²) < 4.78 is 5.30. The van der Waals surface area contributed by atoms with Gasteiger partial charge in [-0.05, 0) is 25.3 Å². The highest BCUT2D eigenvalue weighted by molar-refractivity contribution is 5.97. The quantitative estimate of drug-likeness (QED) is 0.677. The van der Waals surface area contributed by atoms with E-state index in [0.29, 0.717) is 23.2 Å². The molecule has 1 heterocycles. The second kappa shape index (κ2) is 3.84. The Morgan fingerprint density at radius 2 is 2.24 bits per heavy atom. The van der Waals surface area contributed by atoms with Crippen LogP contribution >= 0.6 is 0 Å². The minimum Gasteiger partial charge on any atom is -0.482 e. The van der Waals surface area contributed by atoms with Gasteiger partial charge in [-0.25, -0.2) is 0 Å². The predicted octanol–water partition coefficient (Wildman–Crippen LogP) is 1.56. The van der Waals surface area contributed by atoms with Gasteiger partial charge in [0.15, 0.2) is 6.61 Å². The van der Waals surface area contributed by atoms with E-state index in [-0.39, 0.29) is 12.5 Å². The van der Waals surface area contributed by atoms with Crippen molar-refractivity contribution in [2.24, 2.45) is 0 Å². The van der Waals surface area contributed by atoms with Gasteiger partial charge in [0.05, 0.1) is 17.1 Å². The van der Waals surface area contributed by atoms with E-state index < -0.39 is 0 Å². The first-order valence-corrected chi connectivity index (χ1v) is 5.85. The van der Waals surface area contributed by atoms with Gasteiger partial charge < -0.3 is 21.1 Å². The van der Waals surface area contributed by atoms with Crippen LogP contribution < -0.4 is 21.1 Å². The third kappa shape index (κ3) is 1.88. The van der Waals surface area contributed by atoms with Gasteiger partial charge in [-0.3, -0.25) is 4.79 Å². The van der Waals surface area contributed by atoms with Crippen LogP contribution in [0.15, 0.2) is 12.1 Å². The summed E-state index contributed by atoms with van der Waals surface area (Å²) in [7, 11) is 0. The van der Waals surface area contributed by atoms with Gasteiger partial charge >= 0.3 is 0 Å². The van der Waals surface area contributed by atoms with Gasteiger partial charge in [-0.1, -0.05) is 0 Å². The predicted molar refractivity (Wildman–Crippen MR) is 66.2 cm³/mol. The van der Waals surface area contributed by atoms with Crippen LogP contribution in [-0.2, 0) is 4.79 Å². The maximum Gasteiger partial charge on any atom is 0.262 e. The van der Waals surface area contributed by atoms with Gasteiger partial charge in [-0.2, -0.15) is 0 Å². The van der Waals surface area contributed by atoms with Crippen molar-refractivity contribution in [3.63, 3.8) is 0 Å². The van der Waals surface area contributed by atoms with Crippen LogP contribution in [0.3, 0.4) is 0 Å². The Hall–Kier alpha value is -1.91. The van der Waals surface area contributed by atoms with Crippen LogP contribution in [-0.4, -0.2) is 18.6 Å². The Bertz CT molecular complexity index is 469. The number of rotatable bonds is 2. The third-order valence-corrected chi connectivity index (χ3v) is 3.25. The summed E-state index contributed by atoms with van der Waals surface area (Å²) in [5, 5.41) is 6.16. The van der Waals surface area contributed by atoms with Crippen molar-refractivity contribution in [3.8, 4) is 5.75 Å². The molecule has 5 heteroatoms. The van der Waals surface area contributed by atoms with Crippen LogP contribution in [0.5, 0.6) is 5.75 Å². The lowest BCUT2D eigenvalue weighted by molar-refractivity contribution is -0.118. The molecule has 1 aliphatic heterocycles. The van der Waals surface area contributed by atoms with Crippen LogP contribution in [0, 0.1) is 0 Å². The average molecular weight is 233 g/mol. The summed E-state index contributed by atoms with van der Waals surface area (Å²) >= 11 is 0. The molecule has 90 valence electrons. The van der Waals surface area contributed by atoms with E-state index in [1.807, 2.05) is 6.07 Å². The van der Waals surface area contributed by atoms with Gasteiger partial charge in [0.1, 0.15) is 5.75 Å². The van der Waals surface area contributed by atoms with Crippen LogP contribution in [0.2, 0.25) is 0 Å². The molecular formula is C12H15N3O2. The summed E-state index contributed by atoms with van der Waals surface area (Å²) in [6.45, 7) is 0.0574. The van der Waals surface area contributed by atoms with E-state index in [1.165, 1.54) is 19.3 Å². The smallest absolute Gasteiger partial charge is 0.262 e. The number of carbonyl (C=O) groups excluding carboxylic acids is 1. The van der Waals surface area contributed by atoms with Gasteiger partial charge in [0, 0.05) is 12.1 Å². The normalized spacial score (nSPS) is 18.7. The number of amides is 1. The highest BCUT2D eigenvalue weighted by atomic mass is 16.5. The number of benzene rings is 1. The van der Waals surface area contributed by atoms with E-state index in [4.69, 9.17) is 10.5 Å². The summed E-state index contributed by atoms with van der Waals surface area (Å²) in [6.07, 6.45) is 3.63.